The number of imidazole rings is 1. The number of rotatable bonds is 3. The third-order valence-corrected chi connectivity index (χ3v) is 4.33. The standard InChI is InChI=1S/C21H13F4N3O/c22-16-5-3-4-14(12-16)20(29)27-19-18(26-17-6-1-2-11-28(17)19)13-7-9-15(10-8-13)21(23,24)25/h1-12H,(H,27,29). The topological polar surface area (TPSA) is 46.4 Å². The predicted molar refractivity (Wildman–Crippen MR) is 100.0 cm³/mol. The SMILES string of the molecule is O=C(Nc1c(-c2ccc(C(F)(F)F)cc2)nc2ccccn12)c1cccc(F)c1. The van der Waals surface area contributed by atoms with Crippen LogP contribution in [0.25, 0.3) is 16.9 Å². The van der Waals surface area contributed by atoms with Crippen molar-refractivity contribution in [1.29, 1.82) is 0 Å². The molecule has 29 heavy (non-hydrogen) atoms. The maximum absolute atomic E-state index is 13.4. The molecule has 0 radical (unpaired) electrons. The van der Waals surface area contributed by atoms with Crippen LogP contribution in [0.1, 0.15) is 15.9 Å². The average Bonchev–Trinajstić information content (AvgIpc) is 3.06. The van der Waals surface area contributed by atoms with Gasteiger partial charge in [0.2, 0.25) is 0 Å². The van der Waals surface area contributed by atoms with Gasteiger partial charge in [-0.05, 0) is 42.5 Å². The van der Waals surface area contributed by atoms with Crippen molar-refractivity contribution in [1.82, 2.24) is 9.38 Å². The van der Waals surface area contributed by atoms with Gasteiger partial charge in [-0.15, -0.1) is 0 Å². The molecule has 4 nitrogen and oxygen atoms in total. The summed E-state index contributed by atoms with van der Waals surface area (Å²) < 4.78 is 53.6. The predicted octanol–water partition coefficient (Wildman–Crippen LogP) is 5.41. The van der Waals surface area contributed by atoms with E-state index in [4.69, 9.17) is 0 Å². The average molecular weight is 399 g/mol. The summed E-state index contributed by atoms with van der Waals surface area (Å²) in [5, 5.41) is 2.69. The second-order valence-corrected chi connectivity index (χ2v) is 6.28. The van der Waals surface area contributed by atoms with Gasteiger partial charge >= 0.3 is 6.18 Å². The highest BCUT2D eigenvalue weighted by molar-refractivity contribution is 6.05. The molecule has 0 unspecified atom stereocenters. The highest BCUT2D eigenvalue weighted by Gasteiger charge is 2.30. The van der Waals surface area contributed by atoms with E-state index < -0.39 is 23.5 Å². The number of halogens is 4. The summed E-state index contributed by atoms with van der Waals surface area (Å²) in [6.07, 6.45) is -2.79. The van der Waals surface area contributed by atoms with E-state index in [1.807, 2.05) is 0 Å². The molecule has 1 N–H and O–H groups in total. The van der Waals surface area contributed by atoms with Crippen molar-refractivity contribution in [3.05, 3.63) is 89.9 Å². The van der Waals surface area contributed by atoms with Gasteiger partial charge in [-0.3, -0.25) is 9.20 Å². The number of nitrogens with one attached hydrogen (secondary N) is 1. The quantitative estimate of drug-likeness (QED) is 0.468. The lowest BCUT2D eigenvalue weighted by Crippen LogP contribution is -2.14. The number of pyridine rings is 1. The molecule has 0 aliphatic heterocycles. The second-order valence-electron chi connectivity index (χ2n) is 6.28. The molecular formula is C21H13F4N3O. The van der Waals surface area contributed by atoms with E-state index >= 15 is 0 Å². The van der Waals surface area contributed by atoms with Crippen LogP contribution in [0.2, 0.25) is 0 Å². The van der Waals surface area contributed by atoms with E-state index in [2.05, 4.69) is 10.3 Å². The molecular weight excluding hydrogens is 386 g/mol. The zero-order chi connectivity index (χ0) is 20.6. The van der Waals surface area contributed by atoms with Gasteiger partial charge in [0.25, 0.3) is 5.91 Å². The summed E-state index contributed by atoms with van der Waals surface area (Å²) in [6.45, 7) is 0. The maximum atomic E-state index is 13.4. The first-order valence-corrected chi connectivity index (χ1v) is 8.54. The molecule has 0 aliphatic carbocycles. The Kier molecular flexibility index (Phi) is 4.54. The Morgan fingerprint density at radius 3 is 2.41 bits per heavy atom. The molecule has 4 aromatic rings. The fourth-order valence-corrected chi connectivity index (χ4v) is 2.94. The molecule has 2 heterocycles. The van der Waals surface area contributed by atoms with Gasteiger partial charge in [0.15, 0.2) is 0 Å². The lowest BCUT2D eigenvalue weighted by molar-refractivity contribution is -0.137. The van der Waals surface area contributed by atoms with E-state index in [-0.39, 0.29) is 11.4 Å². The number of fused-ring (bicyclic) bond motifs is 1. The number of hydrogen-bond donors (Lipinski definition) is 1. The number of aromatic nitrogens is 2. The Morgan fingerprint density at radius 2 is 1.72 bits per heavy atom. The Bertz CT molecular complexity index is 1200. The first kappa shape index (κ1) is 18.7. The normalized spacial score (nSPS) is 11.6. The molecule has 0 bridgehead atoms. The highest BCUT2D eigenvalue weighted by Crippen LogP contribution is 2.33. The van der Waals surface area contributed by atoms with E-state index in [0.29, 0.717) is 16.9 Å². The van der Waals surface area contributed by atoms with E-state index in [1.54, 1.807) is 28.8 Å². The minimum atomic E-state index is -4.45. The molecule has 2 aromatic carbocycles. The molecule has 8 heteroatoms. The minimum absolute atomic E-state index is 0.106. The largest absolute Gasteiger partial charge is 0.416 e. The van der Waals surface area contributed by atoms with Crippen LogP contribution in [0.15, 0.2) is 72.9 Å². The highest BCUT2D eigenvalue weighted by atomic mass is 19.4. The van der Waals surface area contributed by atoms with Gasteiger partial charge in [0.1, 0.15) is 23.0 Å². The third-order valence-electron chi connectivity index (χ3n) is 4.33. The van der Waals surface area contributed by atoms with Gasteiger partial charge in [-0.1, -0.05) is 24.3 Å². The smallest absolute Gasteiger partial charge is 0.306 e. The molecule has 4 rings (SSSR count). The first-order valence-electron chi connectivity index (χ1n) is 8.54. The van der Waals surface area contributed by atoms with Crippen LogP contribution in [-0.2, 0) is 6.18 Å². The monoisotopic (exact) mass is 399 g/mol. The van der Waals surface area contributed by atoms with Gasteiger partial charge in [0.05, 0.1) is 5.56 Å². The summed E-state index contributed by atoms with van der Waals surface area (Å²) >= 11 is 0. The molecule has 2 aromatic heterocycles. The van der Waals surface area contributed by atoms with Crippen molar-refractivity contribution in [2.75, 3.05) is 5.32 Å². The van der Waals surface area contributed by atoms with Gasteiger partial charge in [-0.25, -0.2) is 9.37 Å². The fraction of sp³-hybridized carbons (Fsp3) is 0.0476. The Balaban J connectivity index is 1.78. The van der Waals surface area contributed by atoms with Crippen LogP contribution in [0.3, 0.4) is 0 Å². The van der Waals surface area contributed by atoms with Crippen LogP contribution < -0.4 is 5.32 Å². The van der Waals surface area contributed by atoms with Gasteiger partial charge in [-0.2, -0.15) is 13.2 Å². The van der Waals surface area contributed by atoms with E-state index in [1.165, 1.54) is 30.3 Å². The number of carbonyl (C=O) groups excluding carboxylic acids is 1. The molecule has 0 atom stereocenters. The second kappa shape index (κ2) is 7.05. The molecule has 1 amide bonds. The number of nitrogens with zero attached hydrogens (tertiary/aromatic N) is 2. The van der Waals surface area contributed by atoms with Crippen molar-refractivity contribution < 1.29 is 22.4 Å². The molecule has 0 aliphatic rings. The van der Waals surface area contributed by atoms with E-state index in [0.717, 1.165) is 18.2 Å². The summed E-state index contributed by atoms with van der Waals surface area (Å²) in [5.41, 5.74) is 0.521. The van der Waals surface area contributed by atoms with Crippen LogP contribution in [0.4, 0.5) is 23.4 Å². The molecule has 0 spiro atoms. The van der Waals surface area contributed by atoms with Crippen LogP contribution >= 0.6 is 0 Å². The van der Waals surface area contributed by atoms with Crippen molar-refractivity contribution >= 4 is 17.4 Å². The van der Waals surface area contributed by atoms with Gasteiger partial charge < -0.3 is 5.32 Å². The number of hydrogen-bond acceptors (Lipinski definition) is 2. The summed E-state index contributed by atoms with van der Waals surface area (Å²) in [5.74, 6) is -0.850. The first-order chi connectivity index (χ1) is 13.8. The molecule has 146 valence electrons. The van der Waals surface area contributed by atoms with Crippen LogP contribution in [-0.4, -0.2) is 15.3 Å². The van der Waals surface area contributed by atoms with Crippen molar-refractivity contribution in [2.24, 2.45) is 0 Å². The van der Waals surface area contributed by atoms with Crippen molar-refractivity contribution in [2.45, 2.75) is 6.18 Å². The number of benzene rings is 2. The lowest BCUT2D eigenvalue weighted by atomic mass is 10.1. The Hall–Kier alpha value is -3.68. The van der Waals surface area contributed by atoms with Crippen LogP contribution in [0.5, 0.6) is 0 Å². The van der Waals surface area contributed by atoms with Gasteiger partial charge in [0, 0.05) is 17.3 Å². The minimum Gasteiger partial charge on any atom is -0.306 e. The molecule has 0 saturated carbocycles. The number of amides is 1. The molecule has 0 fully saturated rings. The Morgan fingerprint density at radius 1 is 0.966 bits per heavy atom. The maximum Gasteiger partial charge on any atom is 0.416 e. The lowest BCUT2D eigenvalue weighted by Gasteiger charge is -2.09. The molecule has 0 saturated heterocycles. The van der Waals surface area contributed by atoms with Crippen LogP contribution in [0, 0.1) is 5.82 Å². The zero-order valence-electron chi connectivity index (χ0n) is 14.7. The summed E-state index contributed by atoms with van der Waals surface area (Å²) in [4.78, 5) is 17.0. The van der Waals surface area contributed by atoms with Crippen molar-refractivity contribution in [3.63, 3.8) is 0 Å². The third kappa shape index (κ3) is 3.69. The number of carbonyl (C=O) groups is 1. The summed E-state index contributed by atoms with van der Waals surface area (Å²) in [7, 11) is 0. The van der Waals surface area contributed by atoms with Crippen molar-refractivity contribution in [3.8, 4) is 11.3 Å². The zero-order valence-corrected chi connectivity index (χ0v) is 14.7. The number of alkyl halides is 3. The van der Waals surface area contributed by atoms with E-state index in [9.17, 15) is 22.4 Å². The summed E-state index contributed by atoms with van der Waals surface area (Å²) in [6, 6.07) is 14.9. The Labute approximate surface area is 162 Å². The fourth-order valence-electron chi connectivity index (χ4n) is 2.94. The number of anilines is 1.